The fourth-order valence-corrected chi connectivity index (χ4v) is 7.26. The monoisotopic (exact) mass is 444 g/mol. The van der Waals surface area contributed by atoms with Crippen LogP contribution in [0.2, 0.25) is 0 Å². The second-order valence-electron chi connectivity index (χ2n) is 11.9. The van der Waals surface area contributed by atoms with Crippen LogP contribution in [0.3, 0.4) is 0 Å². The van der Waals surface area contributed by atoms with Crippen molar-refractivity contribution in [1.82, 2.24) is 0 Å². The Morgan fingerprint density at radius 1 is 1.22 bits per heavy atom. The van der Waals surface area contributed by atoms with Crippen molar-refractivity contribution < 1.29 is 29.3 Å². The number of fused-ring (bicyclic) bond motifs is 5. The summed E-state index contributed by atoms with van der Waals surface area (Å²) in [6.45, 7) is 8.73. The summed E-state index contributed by atoms with van der Waals surface area (Å²) in [5.74, 6) is -0.791. The van der Waals surface area contributed by atoms with Gasteiger partial charge in [0.15, 0.2) is 12.4 Å². The minimum absolute atomic E-state index is 0.00305. The van der Waals surface area contributed by atoms with Crippen LogP contribution in [0.15, 0.2) is 23.8 Å². The molecule has 4 rings (SSSR count). The Hall–Kier alpha value is -1.79. The van der Waals surface area contributed by atoms with Gasteiger partial charge in [-0.05, 0) is 76.9 Å². The summed E-state index contributed by atoms with van der Waals surface area (Å²) >= 11 is 0. The Balaban J connectivity index is 1.60. The summed E-state index contributed by atoms with van der Waals surface area (Å²) in [7, 11) is 0. The van der Waals surface area contributed by atoms with Crippen LogP contribution in [-0.4, -0.2) is 46.1 Å². The fraction of sp³-hybridized carbons (Fsp3) is 0.731. The lowest BCUT2D eigenvalue weighted by Gasteiger charge is -2.59. The second-order valence-corrected chi connectivity index (χ2v) is 11.9. The number of ketones is 2. The van der Waals surface area contributed by atoms with Gasteiger partial charge in [0.2, 0.25) is 5.78 Å². The first-order valence-corrected chi connectivity index (χ1v) is 11.8. The van der Waals surface area contributed by atoms with Crippen LogP contribution >= 0.6 is 0 Å². The number of aliphatic hydroxyl groups excluding tert-OH is 1. The van der Waals surface area contributed by atoms with Crippen molar-refractivity contribution in [2.24, 2.45) is 34.0 Å². The molecule has 0 aromatic rings. The average Bonchev–Trinajstić information content (AvgIpc) is 2.97. The van der Waals surface area contributed by atoms with Crippen molar-refractivity contribution in [2.75, 3.05) is 6.61 Å². The van der Waals surface area contributed by atoms with Gasteiger partial charge in [0.05, 0.1) is 11.5 Å². The van der Waals surface area contributed by atoms with Crippen molar-refractivity contribution in [3.05, 3.63) is 23.8 Å². The summed E-state index contributed by atoms with van der Waals surface area (Å²) < 4.78 is 5.24. The molecule has 0 aromatic heterocycles. The van der Waals surface area contributed by atoms with Gasteiger partial charge >= 0.3 is 5.97 Å². The molecule has 0 radical (unpaired) electrons. The molecule has 0 aliphatic heterocycles. The lowest BCUT2D eigenvalue weighted by atomic mass is 9.46. The van der Waals surface area contributed by atoms with Gasteiger partial charge in [-0.25, -0.2) is 0 Å². The van der Waals surface area contributed by atoms with E-state index in [0.29, 0.717) is 19.3 Å². The molecule has 4 aliphatic carbocycles. The molecule has 6 nitrogen and oxygen atoms in total. The highest BCUT2D eigenvalue weighted by molar-refractivity contribution is 6.01. The minimum Gasteiger partial charge on any atom is -0.457 e. The van der Waals surface area contributed by atoms with Crippen molar-refractivity contribution in [3.8, 4) is 0 Å². The van der Waals surface area contributed by atoms with E-state index in [1.165, 1.54) is 0 Å². The average molecular weight is 445 g/mol. The third-order valence-corrected chi connectivity index (χ3v) is 9.06. The highest BCUT2D eigenvalue weighted by Crippen LogP contribution is 2.67. The molecule has 4 aliphatic rings. The summed E-state index contributed by atoms with van der Waals surface area (Å²) in [4.78, 5) is 37.3. The number of carbonyl (C=O) groups excluding carboxylic acids is 3. The third-order valence-electron chi connectivity index (χ3n) is 9.06. The molecule has 7 atom stereocenters. The van der Waals surface area contributed by atoms with Crippen LogP contribution in [-0.2, 0) is 19.1 Å². The largest absolute Gasteiger partial charge is 0.457 e. The van der Waals surface area contributed by atoms with E-state index in [-0.39, 0.29) is 29.0 Å². The number of Topliss-reactive ketones (excluding diaryl/α,β-unsaturated/α-hetero) is 1. The Morgan fingerprint density at radius 3 is 2.56 bits per heavy atom. The summed E-state index contributed by atoms with van der Waals surface area (Å²) in [5.41, 5.74) is -2.45. The molecule has 0 amide bonds. The van der Waals surface area contributed by atoms with E-state index >= 15 is 0 Å². The summed E-state index contributed by atoms with van der Waals surface area (Å²) in [6, 6.07) is 0. The van der Waals surface area contributed by atoms with Crippen LogP contribution in [0.1, 0.15) is 66.7 Å². The normalized spacial score (nSPS) is 43.1. The number of hydrogen-bond acceptors (Lipinski definition) is 6. The second kappa shape index (κ2) is 7.36. The van der Waals surface area contributed by atoms with Gasteiger partial charge in [-0.15, -0.1) is 0 Å². The number of rotatable bonds is 3. The predicted octanol–water partition coefficient (Wildman–Crippen LogP) is 3.15. The zero-order valence-electron chi connectivity index (χ0n) is 19.8. The topological polar surface area (TPSA) is 101 Å². The highest BCUT2D eigenvalue weighted by Gasteiger charge is 2.68. The molecule has 0 heterocycles. The maximum absolute atomic E-state index is 13.2. The molecule has 0 spiro atoms. The van der Waals surface area contributed by atoms with Crippen molar-refractivity contribution >= 4 is 17.5 Å². The summed E-state index contributed by atoms with van der Waals surface area (Å²) in [6.07, 6.45) is 7.48. The quantitative estimate of drug-likeness (QED) is 0.649. The van der Waals surface area contributed by atoms with Gasteiger partial charge in [-0.1, -0.05) is 25.5 Å². The molecule has 2 N–H and O–H groups in total. The lowest BCUT2D eigenvalue weighted by molar-refractivity contribution is -0.182. The standard InChI is InChI=1S/C26H36O6/c1-23(2,3)22(30)32-14-20(29)26(31)11-9-18-17-7-6-15-12-16(27)8-10-24(15,4)21(17)19(28)13-25(18,26)5/h8,10,12,17-19,21,28,31H,6-7,9,11,13-14H2,1-5H3/t17-,18-,19+,21+,24+,25+,26-/m1/s1. The molecular formula is C26H36O6. The van der Waals surface area contributed by atoms with Gasteiger partial charge in [-0.2, -0.15) is 0 Å². The van der Waals surface area contributed by atoms with E-state index in [0.717, 1.165) is 18.4 Å². The number of ether oxygens (including phenoxy) is 1. The number of allylic oxidation sites excluding steroid dienone is 4. The van der Waals surface area contributed by atoms with Crippen LogP contribution in [0.25, 0.3) is 0 Å². The molecule has 6 heteroatoms. The predicted molar refractivity (Wildman–Crippen MR) is 118 cm³/mol. The van der Waals surface area contributed by atoms with E-state index < -0.39 is 40.9 Å². The van der Waals surface area contributed by atoms with Crippen LogP contribution in [0.4, 0.5) is 0 Å². The molecule has 3 fully saturated rings. The van der Waals surface area contributed by atoms with Crippen LogP contribution in [0.5, 0.6) is 0 Å². The Kier molecular flexibility index (Phi) is 5.37. The smallest absolute Gasteiger partial charge is 0.311 e. The van der Waals surface area contributed by atoms with E-state index in [1.54, 1.807) is 32.9 Å². The van der Waals surface area contributed by atoms with Gasteiger partial charge < -0.3 is 14.9 Å². The molecule has 0 saturated heterocycles. The number of carbonyl (C=O) groups is 3. The first-order chi connectivity index (χ1) is 14.7. The number of aliphatic hydroxyl groups is 2. The van der Waals surface area contributed by atoms with Crippen LogP contribution < -0.4 is 0 Å². The maximum Gasteiger partial charge on any atom is 0.311 e. The highest BCUT2D eigenvalue weighted by atomic mass is 16.5. The molecule has 3 saturated carbocycles. The first kappa shape index (κ1) is 23.4. The Bertz CT molecular complexity index is 910. The number of esters is 1. The SMILES string of the molecule is CC(C)(C)C(=O)OCC(=O)[C@]1(O)CC[C@@H]2[C@H]3CCC4=CC(=O)C=C[C@]4(C)[C@@H]3[C@@H](O)C[C@@]21C. The zero-order valence-corrected chi connectivity index (χ0v) is 19.8. The molecule has 0 bridgehead atoms. The molecule has 176 valence electrons. The van der Waals surface area contributed by atoms with E-state index in [1.807, 2.05) is 13.0 Å². The molecular weight excluding hydrogens is 408 g/mol. The van der Waals surface area contributed by atoms with E-state index in [9.17, 15) is 24.6 Å². The fourth-order valence-electron chi connectivity index (χ4n) is 7.26. The van der Waals surface area contributed by atoms with Gasteiger partial charge in [0.1, 0.15) is 5.60 Å². The van der Waals surface area contributed by atoms with E-state index in [2.05, 4.69) is 6.92 Å². The van der Waals surface area contributed by atoms with Crippen molar-refractivity contribution in [2.45, 2.75) is 78.4 Å². The summed E-state index contributed by atoms with van der Waals surface area (Å²) in [5, 5.41) is 23.0. The molecule has 32 heavy (non-hydrogen) atoms. The Labute approximate surface area is 190 Å². The van der Waals surface area contributed by atoms with Gasteiger partial charge in [0, 0.05) is 16.7 Å². The molecule has 0 aromatic carbocycles. The Morgan fingerprint density at radius 2 is 1.91 bits per heavy atom. The van der Waals surface area contributed by atoms with Crippen molar-refractivity contribution in [3.63, 3.8) is 0 Å². The van der Waals surface area contributed by atoms with E-state index in [4.69, 9.17) is 4.74 Å². The molecule has 0 unspecified atom stereocenters. The lowest BCUT2D eigenvalue weighted by Crippen LogP contribution is -2.61. The third kappa shape index (κ3) is 3.25. The zero-order chi connectivity index (χ0) is 23.7. The number of hydrogen-bond donors (Lipinski definition) is 2. The maximum atomic E-state index is 13.2. The van der Waals surface area contributed by atoms with Gasteiger partial charge in [-0.3, -0.25) is 14.4 Å². The minimum atomic E-state index is -1.63. The first-order valence-electron chi connectivity index (χ1n) is 11.8. The van der Waals surface area contributed by atoms with Crippen molar-refractivity contribution in [1.29, 1.82) is 0 Å². The van der Waals surface area contributed by atoms with Gasteiger partial charge in [0.25, 0.3) is 0 Å². The van der Waals surface area contributed by atoms with Crippen LogP contribution in [0, 0.1) is 34.0 Å².